The summed E-state index contributed by atoms with van der Waals surface area (Å²) in [5.74, 6) is 0. The topological polar surface area (TPSA) is 41.6 Å². The molecule has 64 heavy (non-hydrogen) atoms. The minimum absolute atomic E-state index is 0.0447. The van der Waals surface area contributed by atoms with Crippen molar-refractivity contribution in [3.63, 3.8) is 0 Å². The van der Waals surface area contributed by atoms with E-state index in [9.17, 15) is 0 Å². The summed E-state index contributed by atoms with van der Waals surface area (Å²) in [5, 5.41) is 9.66. The van der Waals surface area contributed by atoms with Gasteiger partial charge in [-0.15, -0.1) is 11.3 Å². The van der Waals surface area contributed by atoms with Crippen LogP contribution in [0.1, 0.15) is 52.7 Å². The molecule has 1 aliphatic rings. The fourth-order valence-electron chi connectivity index (χ4n) is 9.94. The number of anilines is 5. The standard InChI is InChI=1S/C58H47BN2O2S/c1-57(2,3)35-24-27-37(28-25-35)60-43-29-31-49-50(40-20-12-15-23-48(40)64-49)51(43)52-53-45(33-42-38-18-10-13-21-46(38)62-55(42)52)61(54-39-19-11-14-22-47(39)63-56(54)59-53)44-30-26-36(58(4,5)6)32-41(44)34-16-8-7-9-17-34/h7-33,59-60H,1-6H3. The van der Waals surface area contributed by atoms with Gasteiger partial charge >= 0.3 is 0 Å². The van der Waals surface area contributed by atoms with Gasteiger partial charge in [-0.1, -0.05) is 139 Å². The van der Waals surface area contributed by atoms with E-state index in [0.717, 1.165) is 83.6 Å². The highest BCUT2D eigenvalue weighted by molar-refractivity contribution is 7.26. The van der Waals surface area contributed by atoms with Crippen LogP contribution in [0, 0.1) is 0 Å². The SMILES string of the molecule is CC(C)(C)c1ccc(Nc2ccc3sc4ccccc4c3c2-c2c3c(cc4c2oc2ccccc24)N(c2ccc(C(C)(C)C)cc2-c2ccccc2)c2c(oc4ccccc24)B3)cc1. The Morgan fingerprint density at radius 2 is 1.19 bits per heavy atom. The summed E-state index contributed by atoms with van der Waals surface area (Å²) in [5.41, 5.74) is 17.2. The number of furan rings is 2. The van der Waals surface area contributed by atoms with Gasteiger partial charge in [0.25, 0.3) is 0 Å². The lowest BCUT2D eigenvalue weighted by Crippen LogP contribution is -2.40. The van der Waals surface area contributed by atoms with Crippen molar-refractivity contribution in [1.82, 2.24) is 0 Å². The van der Waals surface area contributed by atoms with Gasteiger partial charge in [0.05, 0.1) is 17.0 Å². The van der Waals surface area contributed by atoms with Crippen molar-refractivity contribution in [2.45, 2.75) is 52.4 Å². The largest absolute Gasteiger partial charge is 0.469 e. The quantitative estimate of drug-likeness (QED) is 0.175. The molecule has 0 bridgehead atoms. The maximum atomic E-state index is 7.16. The van der Waals surface area contributed by atoms with Crippen LogP contribution in [0.2, 0.25) is 0 Å². The van der Waals surface area contributed by atoms with Gasteiger partial charge in [-0.25, -0.2) is 0 Å². The molecular weight excluding hydrogens is 800 g/mol. The van der Waals surface area contributed by atoms with E-state index in [1.807, 2.05) is 11.3 Å². The van der Waals surface area contributed by atoms with Crippen molar-refractivity contribution in [2.24, 2.45) is 0 Å². The molecule has 12 rings (SSSR count). The molecule has 0 unspecified atom stereocenters. The summed E-state index contributed by atoms with van der Waals surface area (Å²) in [6, 6.07) is 59.6. The van der Waals surface area contributed by atoms with Crippen LogP contribution < -0.4 is 21.3 Å². The third-order valence-corrected chi connectivity index (χ3v) is 14.3. The summed E-state index contributed by atoms with van der Waals surface area (Å²) >= 11 is 1.84. The molecule has 0 amide bonds. The normalized spacial score (nSPS) is 12.9. The Kier molecular flexibility index (Phi) is 8.60. The van der Waals surface area contributed by atoms with E-state index in [-0.39, 0.29) is 10.8 Å². The predicted octanol–water partition coefficient (Wildman–Crippen LogP) is 15.5. The molecular formula is C58H47BN2O2S. The van der Waals surface area contributed by atoms with E-state index in [1.54, 1.807) is 0 Å². The molecule has 11 aromatic rings. The zero-order valence-corrected chi connectivity index (χ0v) is 37.8. The number of hydrogen-bond donors (Lipinski definition) is 1. The molecule has 0 fully saturated rings. The highest BCUT2D eigenvalue weighted by atomic mass is 32.1. The van der Waals surface area contributed by atoms with E-state index >= 15 is 0 Å². The van der Waals surface area contributed by atoms with Gasteiger partial charge in [0, 0.05) is 70.1 Å². The van der Waals surface area contributed by atoms with Gasteiger partial charge in [0.1, 0.15) is 16.7 Å². The lowest BCUT2D eigenvalue weighted by atomic mass is 9.61. The van der Waals surface area contributed by atoms with Crippen molar-refractivity contribution < 1.29 is 8.83 Å². The number of benzene rings is 8. The predicted molar refractivity (Wildman–Crippen MR) is 275 cm³/mol. The number of para-hydroxylation sites is 2. The molecule has 0 aliphatic carbocycles. The van der Waals surface area contributed by atoms with Gasteiger partial charge in [0.2, 0.25) is 7.28 Å². The van der Waals surface area contributed by atoms with Crippen LogP contribution in [0.3, 0.4) is 0 Å². The molecule has 0 atom stereocenters. The third-order valence-electron chi connectivity index (χ3n) is 13.2. The number of nitrogens with zero attached hydrogens (tertiary/aromatic N) is 1. The highest BCUT2D eigenvalue weighted by Crippen LogP contribution is 2.52. The van der Waals surface area contributed by atoms with Gasteiger partial charge in [-0.05, 0) is 99.7 Å². The Bertz CT molecular complexity index is 3640. The number of nitrogens with one attached hydrogen (secondary N) is 1. The number of hydrogen-bond acceptors (Lipinski definition) is 5. The van der Waals surface area contributed by atoms with Crippen LogP contribution >= 0.6 is 11.3 Å². The minimum atomic E-state index is -0.0527. The molecule has 8 aromatic carbocycles. The average Bonchev–Trinajstić information content (AvgIpc) is 3.99. The van der Waals surface area contributed by atoms with Gasteiger partial charge in [-0.2, -0.15) is 0 Å². The van der Waals surface area contributed by atoms with E-state index in [1.165, 1.54) is 42.4 Å². The molecule has 6 heteroatoms. The van der Waals surface area contributed by atoms with Crippen molar-refractivity contribution in [3.05, 3.63) is 175 Å². The van der Waals surface area contributed by atoms with E-state index in [2.05, 4.69) is 216 Å². The Morgan fingerprint density at radius 3 is 1.94 bits per heavy atom. The monoisotopic (exact) mass is 846 g/mol. The van der Waals surface area contributed by atoms with Crippen molar-refractivity contribution in [3.8, 4) is 22.3 Å². The summed E-state index contributed by atoms with van der Waals surface area (Å²) < 4.78 is 16.6. The molecule has 4 nitrogen and oxygen atoms in total. The Labute approximate surface area is 378 Å². The van der Waals surface area contributed by atoms with Crippen molar-refractivity contribution >= 4 is 111 Å². The first kappa shape index (κ1) is 38.6. The first-order valence-corrected chi connectivity index (χ1v) is 23.1. The summed E-state index contributed by atoms with van der Waals surface area (Å²) in [6.07, 6.45) is 0. The lowest BCUT2D eigenvalue weighted by molar-refractivity contribution is 0.590. The Hall–Kier alpha value is -7.02. The van der Waals surface area contributed by atoms with Crippen LogP contribution in [0.25, 0.3) is 75.3 Å². The lowest BCUT2D eigenvalue weighted by Gasteiger charge is -2.35. The average molecular weight is 847 g/mol. The van der Waals surface area contributed by atoms with Gasteiger partial charge in [0.15, 0.2) is 0 Å². The van der Waals surface area contributed by atoms with E-state index < -0.39 is 0 Å². The zero-order chi connectivity index (χ0) is 43.5. The molecule has 4 heterocycles. The second-order valence-electron chi connectivity index (χ2n) is 19.4. The maximum Gasteiger partial charge on any atom is 0.245 e. The second-order valence-corrected chi connectivity index (χ2v) is 20.4. The fourth-order valence-corrected chi connectivity index (χ4v) is 11.1. The summed E-state index contributed by atoms with van der Waals surface area (Å²) in [6.45, 7) is 13.7. The van der Waals surface area contributed by atoms with Gasteiger partial charge in [-0.3, -0.25) is 0 Å². The zero-order valence-electron chi connectivity index (χ0n) is 37.0. The second kappa shape index (κ2) is 14.3. The van der Waals surface area contributed by atoms with Crippen LogP contribution in [0.5, 0.6) is 0 Å². The summed E-state index contributed by atoms with van der Waals surface area (Å²) in [7, 11) is 0.580. The van der Waals surface area contributed by atoms with Crippen LogP contribution in [-0.4, -0.2) is 7.28 Å². The first-order valence-electron chi connectivity index (χ1n) is 22.3. The number of fused-ring (bicyclic) bond motifs is 10. The smallest absolute Gasteiger partial charge is 0.245 e. The minimum Gasteiger partial charge on any atom is -0.469 e. The number of rotatable bonds is 5. The molecule has 0 saturated carbocycles. The first-order chi connectivity index (χ1) is 31.0. The Morgan fingerprint density at radius 1 is 0.531 bits per heavy atom. The van der Waals surface area contributed by atoms with E-state index in [4.69, 9.17) is 8.83 Å². The van der Waals surface area contributed by atoms with Crippen molar-refractivity contribution in [1.29, 1.82) is 0 Å². The van der Waals surface area contributed by atoms with Crippen LogP contribution in [0.4, 0.5) is 28.4 Å². The van der Waals surface area contributed by atoms with E-state index in [0.29, 0.717) is 7.28 Å². The highest BCUT2D eigenvalue weighted by Gasteiger charge is 2.37. The Balaban J connectivity index is 1.23. The molecule has 1 N–H and O–H groups in total. The summed E-state index contributed by atoms with van der Waals surface area (Å²) in [4.78, 5) is 2.50. The molecule has 310 valence electrons. The molecule has 1 aliphatic heterocycles. The van der Waals surface area contributed by atoms with Gasteiger partial charge < -0.3 is 19.1 Å². The molecule has 0 radical (unpaired) electrons. The number of thiophene rings is 1. The maximum absolute atomic E-state index is 7.16. The fraction of sp³-hybridized carbons (Fsp3) is 0.138. The molecule has 3 aromatic heterocycles. The molecule has 0 spiro atoms. The molecule has 0 saturated heterocycles. The van der Waals surface area contributed by atoms with Crippen molar-refractivity contribution in [2.75, 3.05) is 10.2 Å². The van der Waals surface area contributed by atoms with Crippen LogP contribution in [0.15, 0.2) is 173 Å². The van der Waals surface area contributed by atoms with Crippen LogP contribution in [-0.2, 0) is 10.8 Å². The third kappa shape index (κ3) is 6.11.